The van der Waals surface area contributed by atoms with Crippen molar-refractivity contribution in [2.45, 2.75) is 46.6 Å². The van der Waals surface area contributed by atoms with Gasteiger partial charge in [-0.05, 0) is 39.3 Å². The largest absolute Gasteiger partial charge is 0.333 e. The molecule has 0 aromatic carbocycles. The van der Waals surface area contributed by atoms with E-state index in [4.69, 9.17) is 0 Å². The summed E-state index contributed by atoms with van der Waals surface area (Å²) in [6.45, 7) is 12.5. The highest BCUT2D eigenvalue weighted by molar-refractivity contribution is 6.35. The van der Waals surface area contributed by atoms with Crippen LogP contribution in [0.3, 0.4) is 0 Å². The van der Waals surface area contributed by atoms with Crippen LogP contribution in [0.25, 0.3) is 0 Å². The molecule has 0 aromatic rings. The second kappa shape index (κ2) is 6.57. The third-order valence-electron chi connectivity index (χ3n) is 5.10. The first-order valence-corrected chi connectivity index (χ1v) is 8.56. The van der Waals surface area contributed by atoms with Gasteiger partial charge in [0.15, 0.2) is 0 Å². The molecule has 2 amide bonds. The van der Waals surface area contributed by atoms with Crippen LogP contribution < -0.4 is 0 Å². The summed E-state index contributed by atoms with van der Waals surface area (Å²) in [6, 6.07) is 0.117. The van der Waals surface area contributed by atoms with Crippen molar-refractivity contribution in [3.63, 3.8) is 0 Å². The molecule has 2 aliphatic heterocycles. The molecule has 0 radical (unpaired) electrons. The van der Waals surface area contributed by atoms with Crippen LogP contribution in [-0.4, -0.2) is 72.3 Å². The van der Waals surface area contributed by atoms with Gasteiger partial charge in [0.1, 0.15) is 0 Å². The summed E-state index contributed by atoms with van der Waals surface area (Å²) < 4.78 is 0. The number of carbonyl (C=O) groups excluding carboxylic acids is 2. The summed E-state index contributed by atoms with van der Waals surface area (Å²) in [5.41, 5.74) is 0.254. The molecule has 2 rings (SSSR count). The summed E-state index contributed by atoms with van der Waals surface area (Å²) in [5, 5.41) is 0. The second-order valence-corrected chi connectivity index (χ2v) is 7.76. The van der Waals surface area contributed by atoms with Gasteiger partial charge in [0.05, 0.1) is 0 Å². The Kier molecular flexibility index (Phi) is 5.15. The fourth-order valence-corrected chi connectivity index (χ4v) is 3.66. The maximum atomic E-state index is 12.6. The average Bonchev–Trinajstić information content (AvgIpc) is 2.83. The third-order valence-corrected chi connectivity index (χ3v) is 5.10. The predicted octanol–water partition coefficient (Wildman–Crippen LogP) is 1.43. The lowest BCUT2D eigenvalue weighted by atomic mass is 9.79. The maximum Gasteiger partial charge on any atom is 0.312 e. The molecule has 1 spiro atoms. The highest BCUT2D eigenvalue weighted by atomic mass is 16.2. The summed E-state index contributed by atoms with van der Waals surface area (Å²) >= 11 is 0. The summed E-state index contributed by atoms with van der Waals surface area (Å²) in [5.74, 6) is -0.248. The molecule has 0 aliphatic carbocycles. The van der Waals surface area contributed by atoms with Crippen LogP contribution in [0.1, 0.15) is 40.5 Å². The van der Waals surface area contributed by atoms with Crippen molar-refractivity contribution in [2.75, 3.05) is 39.8 Å². The Balaban J connectivity index is 1.95. The normalized spacial score (nSPS) is 22.0. The van der Waals surface area contributed by atoms with E-state index < -0.39 is 0 Å². The minimum absolute atomic E-state index is 0.117. The minimum atomic E-state index is -0.316. The van der Waals surface area contributed by atoms with Gasteiger partial charge < -0.3 is 14.7 Å². The maximum absolute atomic E-state index is 12.6. The van der Waals surface area contributed by atoms with Gasteiger partial charge >= 0.3 is 11.8 Å². The number of hydrogen-bond acceptors (Lipinski definition) is 3. The lowest BCUT2D eigenvalue weighted by Crippen LogP contribution is -2.62. The molecule has 5 nitrogen and oxygen atoms in total. The van der Waals surface area contributed by atoms with Crippen molar-refractivity contribution >= 4 is 11.8 Å². The second-order valence-electron chi connectivity index (χ2n) is 7.76. The van der Waals surface area contributed by atoms with Gasteiger partial charge in [-0.25, -0.2) is 0 Å². The van der Waals surface area contributed by atoms with Gasteiger partial charge in [0.25, 0.3) is 0 Å². The molecule has 22 heavy (non-hydrogen) atoms. The molecule has 0 bridgehead atoms. The van der Waals surface area contributed by atoms with Crippen LogP contribution in [0.4, 0.5) is 0 Å². The van der Waals surface area contributed by atoms with Gasteiger partial charge in [-0.2, -0.15) is 0 Å². The number of nitrogens with zero attached hydrogens (tertiary/aromatic N) is 3. The molecule has 2 aliphatic rings. The summed E-state index contributed by atoms with van der Waals surface area (Å²) in [4.78, 5) is 30.9. The zero-order valence-corrected chi connectivity index (χ0v) is 14.8. The molecule has 0 saturated carbocycles. The third kappa shape index (κ3) is 3.45. The number of hydrogen-bond donors (Lipinski definition) is 0. The predicted molar refractivity (Wildman–Crippen MR) is 87.4 cm³/mol. The van der Waals surface area contributed by atoms with Gasteiger partial charge in [-0.3, -0.25) is 9.59 Å². The first-order valence-electron chi connectivity index (χ1n) is 8.56. The lowest BCUT2D eigenvalue weighted by Gasteiger charge is -2.48. The Morgan fingerprint density at radius 2 is 1.82 bits per heavy atom. The summed E-state index contributed by atoms with van der Waals surface area (Å²) in [7, 11) is 2.12. The van der Waals surface area contributed by atoms with Crippen molar-refractivity contribution in [2.24, 2.45) is 11.3 Å². The van der Waals surface area contributed by atoms with E-state index in [0.717, 1.165) is 39.0 Å². The van der Waals surface area contributed by atoms with Crippen molar-refractivity contribution in [3.8, 4) is 0 Å². The molecular weight excluding hydrogens is 278 g/mol. The lowest BCUT2D eigenvalue weighted by molar-refractivity contribution is -0.160. The van der Waals surface area contributed by atoms with Gasteiger partial charge in [-0.1, -0.05) is 20.8 Å². The number of carbonyl (C=O) groups is 2. The van der Waals surface area contributed by atoms with Gasteiger partial charge in [0.2, 0.25) is 0 Å². The molecule has 0 aromatic heterocycles. The molecule has 1 unspecified atom stereocenters. The first-order chi connectivity index (χ1) is 10.3. The molecule has 2 heterocycles. The van der Waals surface area contributed by atoms with Crippen molar-refractivity contribution in [1.82, 2.24) is 14.7 Å². The minimum Gasteiger partial charge on any atom is -0.333 e. The average molecular weight is 309 g/mol. The van der Waals surface area contributed by atoms with Crippen LogP contribution in [0, 0.1) is 11.3 Å². The van der Waals surface area contributed by atoms with E-state index in [1.165, 1.54) is 0 Å². The smallest absolute Gasteiger partial charge is 0.312 e. The van der Waals surface area contributed by atoms with Gasteiger partial charge in [0, 0.05) is 37.6 Å². The molecule has 5 heteroatoms. The Hall–Kier alpha value is -1.10. The standard InChI is InChI=1S/C17H31N3O2/c1-6-14(4)20(9-13(2)3)16(22)15(21)19-11-17(12-19)7-8-18(5)10-17/h13-14H,6-12H2,1-5H3. The monoisotopic (exact) mass is 309 g/mol. The van der Waals surface area contributed by atoms with Crippen LogP contribution in [0.5, 0.6) is 0 Å². The van der Waals surface area contributed by atoms with E-state index in [-0.39, 0.29) is 23.3 Å². The van der Waals surface area contributed by atoms with E-state index in [1.54, 1.807) is 9.80 Å². The molecule has 2 saturated heterocycles. The van der Waals surface area contributed by atoms with Crippen molar-refractivity contribution in [3.05, 3.63) is 0 Å². The SMILES string of the molecule is CCC(C)N(CC(C)C)C(=O)C(=O)N1CC2(CCN(C)C2)C1. The van der Waals surface area contributed by atoms with E-state index in [9.17, 15) is 9.59 Å². The summed E-state index contributed by atoms with van der Waals surface area (Å²) in [6.07, 6.45) is 2.02. The Morgan fingerprint density at radius 3 is 2.27 bits per heavy atom. The van der Waals surface area contributed by atoms with Crippen LogP contribution >= 0.6 is 0 Å². The fourth-order valence-electron chi connectivity index (χ4n) is 3.66. The van der Waals surface area contributed by atoms with E-state index in [0.29, 0.717) is 12.5 Å². The highest BCUT2D eigenvalue weighted by Crippen LogP contribution is 2.39. The quantitative estimate of drug-likeness (QED) is 0.738. The van der Waals surface area contributed by atoms with Crippen molar-refractivity contribution < 1.29 is 9.59 Å². The Morgan fingerprint density at radius 1 is 1.18 bits per heavy atom. The molecular formula is C17H31N3O2. The van der Waals surface area contributed by atoms with Crippen LogP contribution in [0.2, 0.25) is 0 Å². The Bertz CT molecular complexity index is 430. The van der Waals surface area contributed by atoms with Crippen LogP contribution in [-0.2, 0) is 9.59 Å². The zero-order valence-electron chi connectivity index (χ0n) is 14.8. The molecule has 126 valence electrons. The Labute approximate surface area is 134 Å². The van der Waals surface area contributed by atoms with Crippen molar-refractivity contribution in [1.29, 1.82) is 0 Å². The number of rotatable bonds is 4. The van der Waals surface area contributed by atoms with E-state index in [2.05, 4.69) is 32.7 Å². The number of likely N-dealkylation sites (tertiary alicyclic amines) is 2. The number of amides is 2. The van der Waals surface area contributed by atoms with Gasteiger partial charge in [-0.15, -0.1) is 0 Å². The molecule has 2 fully saturated rings. The van der Waals surface area contributed by atoms with E-state index in [1.807, 2.05) is 6.92 Å². The fraction of sp³-hybridized carbons (Fsp3) is 0.882. The zero-order chi connectivity index (χ0) is 16.5. The molecule has 0 N–H and O–H groups in total. The first kappa shape index (κ1) is 17.3. The highest BCUT2D eigenvalue weighted by Gasteiger charge is 2.50. The molecule has 1 atom stereocenters. The van der Waals surface area contributed by atoms with Crippen LogP contribution in [0.15, 0.2) is 0 Å². The van der Waals surface area contributed by atoms with E-state index >= 15 is 0 Å². The topological polar surface area (TPSA) is 43.9 Å².